The maximum absolute atomic E-state index is 11.9. The van der Waals surface area contributed by atoms with Crippen molar-refractivity contribution in [3.05, 3.63) is 114 Å². The van der Waals surface area contributed by atoms with Gasteiger partial charge in [-0.2, -0.15) is 0 Å². The summed E-state index contributed by atoms with van der Waals surface area (Å²) in [4.78, 5) is 18.7. The molecule has 1 aliphatic heterocycles. The van der Waals surface area contributed by atoms with Crippen LogP contribution in [0.2, 0.25) is 0 Å². The molecule has 0 saturated carbocycles. The summed E-state index contributed by atoms with van der Waals surface area (Å²) in [5, 5.41) is 4.17. The molecule has 5 rings (SSSR count). The molecule has 1 fully saturated rings. The molecular formula is C28H26N4O2S. The molecule has 4 aromatic rings. The second-order valence-corrected chi connectivity index (χ2v) is 8.74. The van der Waals surface area contributed by atoms with E-state index < -0.39 is 0 Å². The Morgan fingerprint density at radius 2 is 1.74 bits per heavy atom. The topological polar surface area (TPSA) is 59.4 Å². The van der Waals surface area contributed by atoms with E-state index in [2.05, 4.69) is 57.0 Å². The first-order valence-corrected chi connectivity index (χ1v) is 12.0. The molecule has 0 spiro atoms. The maximum Gasteiger partial charge on any atom is 0.337 e. The summed E-state index contributed by atoms with van der Waals surface area (Å²) in [5.74, 6) is -0.355. The van der Waals surface area contributed by atoms with E-state index in [-0.39, 0.29) is 18.1 Å². The fourth-order valence-electron chi connectivity index (χ4n) is 4.57. The summed E-state index contributed by atoms with van der Waals surface area (Å²) in [7, 11) is 1.38. The lowest BCUT2D eigenvalue weighted by molar-refractivity contribution is 0.0600. The van der Waals surface area contributed by atoms with E-state index in [9.17, 15) is 4.79 Å². The highest BCUT2D eigenvalue weighted by molar-refractivity contribution is 7.80. The Morgan fingerprint density at radius 1 is 1.00 bits per heavy atom. The van der Waals surface area contributed by atoms with Crippen molar-refractivity contribution in [3.8, 4) is 5.69 Å². The number of nitrogens with zero attached hydrogens (tertiary/aromatic N) is 3. The lowest BCUT2D eigenvalue weighted by Crippen LogP contribution is -2.30. The zero-order valence-corrected chi connectivity index (χ0v) is 20.4. The third-order valence-corrected chi connectivity index (χ3v) is 6.69. The Labute approximate surface area is 210 Å². The Kier molecular flexibility index (Phi) is 6.33. The van der Waals surface area contributed by atoms with Crippen LogP contribution in [0.5, 0.6) is 0 Å². The van der Waals surface area contributed by atoms with Crippen LogP contribution in [0.3, 0.4) is 0 Å². The summed E-state index contributed by atoms with van der Waals surface area (Å²) in [5.41, 5.74) is 5.73. The third kappa shape index (κ3) is 4.31. The van der Waals surface area contributed by atoms with Gasteiger partial charge in [-0.3, -0.25) is 4.98 Å². The van der Waals surface area contributed by atoms with Crippen LogP contribution in [0.4, 0.5) is 5.69 Å². The van der Waals surface area contributed by atoms with Crippen molar-refractivity contribution >= 4 is 29.0 Å². The summed E-state index contributed by atoms with van der Waals surface area (Å²) < 4.78 is 6.97. The minimum atomic E-state index is -0.355. The van der Waals surface area contributed by atoms with Crippen molar-refractivity contribution in [1.29, 1.82) is 0 Å². The molecule has 7 heteroatoms. The third-order valence-electron chi connectivity index (χ3n) is 6.37. The van der Waals surface area contributed by atoms with Crippen molar-refractivity contribution in [1.82, 2.24) is 14.9 Å². The lowest BCUT2D eigenvalue weighted by Gasteiger charge is -2.29. The van der Waals surface area contributed by atoms with E-state index in [1.54, 1.807) is 18.3 Å². The zero-order valence-electron chi connectivity index (χ0n) is 19.6. The highest BCUT2D eigenvalue weighted by atomic mass is 32.1. The summed E-state index contributed by atoms with van der Waals surface area (Å²) >= 11 is 5.86. The number of hydrogen-bond acceptors (Lipinski definition) is 4. The van der Waals surface area contributed by atoms with Crippen LogP contribution in [0.1, 0.15) is 46.3 Å². The molecule has 1 aliphatic rings. The van der Waals surface area contributed by atoms with E-state index in [0.29, 0.717) is 10.7 Å². The first kappa shape index (κ1) is 22.8. The summed E-state index contributed by atoms with van der Waals surface area (Å²) in [6, 6.07) is 25.7. The molecule has 1 N–H and O–H groups in total. The minimum absolute atomic E-state index is 0.139. The van der Waals surface area contributed by atoms with Crippen molar-refractivity contribution in [2.75, 3.05) is 12.0 Å². The molecule has 0 amide bonds. The van der Waals surface area contributed by atoms with Crippen LogP contribution in [-0.2, 0) is 11.2 Å². The first-order chi connectivity index (χ1) is 17.1. The number of benzene rings is 2. The highest BCUT2D eigenvalue weighted by Crippen LogP contribution is 2.42. The van der Waals surface area contributed by atoms with Gasteiger partial charge in [-0.05, 0) is 84.9 Å². The lowest BCUT2D eigenvalue weighted by atomic mass is 10.0. The average molecular weight is 483 g/mol. The van der Waals surface area contributed by atoms with Gasteiger partial charge >= 0.3 is 5.97 Å². The predicted octanol–water partition coefficient (Wildman–Crippen LogP) is 5.40. The predicted molar refractivity (Wildman–Crippen MR) is 141 cm³/mol. The average Bonchev–Trinajstić information content (AvgIpc) is 3.53. The smallest absolute Gasteiger partial charge is 0.337 e. The van der Waals surface area contributed by atoms with E-state index >= 15 is 0 Å². The molecule has 0 bridgehead atoms. The van der Waals surface area contributed by atoms with Gasteiger partial charge in [0.25, 0.3) is 0 Å². The number of ether oxygens (including phenoxy) is 1. The zero-order chi connectivity index (χ0) is 24.4. The van der Waals surface area contributed by atoms with Crippen LogP contribution < -0.4 is 10.2 Å². The minimum Gasteiger partial charge on any atom is -0.465 e. The van der Waals surface area contributed by atoms with E-state index in [0.717, 1.165) is 29.2 Å². The fraction of sp³-hybridized carbons (Fsp3) is 0.179. The monoisotopic (exact) mass is 482 g/mol. The van der Waals surface area contributed by atoms with Crippen LogP contribution in [0.25, 0.3) is 5.69 Å². The van der Waals surface area contributed by atoms with Gasteiger partial charge in [0.2, 0.25) is 0 Å². The van der Waals surface area contributed by atoms with Gasteiger partial charge in [0.1, 0.15) is 6.04 Å². The Morgan fingerprint density at radius 3 is 2.40 bits per heavy atom. The second kappa shape index (κ2) is 9.72. The fourth-order valence-corrected chi connectivity index (χ4v) is 4.92. The number of anilines is 1. The first-order valence-electron chi connectivity index (χ1n) is 11.6. The van der Waals surface area contributed by atoms with Gasteiger partial charge in [0.05, 0.1) is 24.4 Å². The van der Waals surface area contributed by atoms with E-state index in [1.807, 2.05) is 42.6 Å². The van der Waals surface area contributed by atoms with Crippen LogP contribution >= 0.6 is 12.2 Å². The molecule has 3 heterocycles. The van der Waals surface area contributed by atoms with E-state index in [1.165, 1.54) is 12.7 Å². The number of pyridine rings is 1. The number of hydrogen-bond donors (Lipinski definition) is 1. The van der Waals surface area contributed by atoms with Gasteiger partial charge in [-0.15, -0.1) is 0 Å². The van der Waals surface area contributed by atoms with Gasteiger partial charge < -0.3 is 19.5 Å². The molecule has 176 valence electrons. The Balaban J connectivity index is 1.60. The molecule has 0 aliphatic carbocycles. The Bertz CT molecular complexity index is 1330. The number of aryl methyl sites for hydroxylation is 1. The molecule has 1 saturated heterocycles. The van der Waals surface area contributed by atoms with Crippen molar-refractivity contribution in [2.45, 2.75) is 25.4 Å². The van der Waals surface area contributed by atoms with Crippen LogP contribution in [0, 0.1) is 0 Å². The number of aromatic nitrogens is 2. The summed E-state index contributed by atoms with van der Waals surface area (Å²) in [6.45, 7) is 2.15. The molecule has 6 nitrogen and oxygen atoms in total. The molecule has 2 atom stereocenters. The second-order valence-electron chi connectivity index (χ2n) is 8.36. The molecule has 0 radical (unpaired) electrons. The van der Waals surface area contributed by atoms with Crippen LogP contribution in [-0.4, -0.2) is 27.7 Å². The van der Waals surface area contributed by atoms with Crippen molar-refractivity contribution < 1.29 is 9.53 Å². The number of methoxy groups -OCH3 is 1. The van der Waals surface area contributed by atoms with Gasteiger partial charge in [-0.25, -0.2) is 4.79 Å². The standard InChI is InChI=1S/C28H26N4O2S/c1-3-19-9-13-22(14-10-19)32-26(25(30-28(32)35)23-7-4-5-17-29-23)24-8-6-18-31(24)21-15-11-20(12-16-21)27(33)34-2/h4-18,25-26H,3H2,1-2H3,(H,30,35)/t25-,26-/m1/s1. The van der Waals surface area contributed by atoms with Gasteiger partial charge in [0, 0.05) is 29.5 Å². The van der Waals surface area contributed by atoms with Crippen molar-refractivity contribution in [3.63, 3.8) is 0 Å². The van der Waals surface area contributed by atoms with Crippen molar-refractivity contribution in [2.24, 2.45) is 0 Å². The number of rotatable bonds is 6. The molecule has 2 aromatic heterocycles. The number of esters is 1. The van der Waals surface area contributed by atoms with Gasteiger partial charge in [-0.1, -0.05) is 25.1 Å². The SMILES string of the molecule is CCc1ccc(N2C(=S)N[C@H](c3ccccn3)[C@H]2c2cccn2-c2ccc(C(=O)OC)cc2)cc1. The van der Waals surface area contributed by atoms with E-state index in [4.69, 9.17) is 17.0 Å². The molecule has 0 unspecified atom stereocenters. The largest absolute Gasteiger partial charge is 0.465 e. The number of thiocarbonyl (C=S) groups is 1. The van der Waals surface area contributed by atoms with Gasteiger partial charge in [0.15, 0.2) is 5.11 Å². The molecule has 35 heavy (non-hydrogen) atoms. The normalized spacial score (nSPS) is 17.3. The molecule has 2 aromatic carbocycles. The quantitative estimate of drug-likeness (QED) is 0.293. The number of nitrogens with one attached hydrogen (secondary N) is 1. The Hall–Kier alpha value is -3.97. The van der Waals surface area contributed by atoms with Crippen LogP contribution in [0.15, 0.2) is 91.3 Å². The highest BCUT2D eigenvalue weighted by Gasteiger charge is 2.42. The summed E-state index contributed by atoms with van der Waals surface area (Å²) in [6.07, 6.45) is 4.81. The molecular weight excluding hydrogens is 456 g/mol. The maximum atomic E-state index is 11.9. The number of carbonyl (C=O) groups is 1. The number of carbonyl (C=O) groups excluding carboxylic acids is 1.